The van der Waals surface area contributed by atoms with Gasteiger partial charge in [0.1, 0.15) is 0 Å². The number of nitrogens with zero attached hydrogens (tertiary/aromatic N) is 3. The molecule has 0 aliphatic carbocycles. The number of piperazine rings is 1. The Morgan fingerprint density at radius 3 is 3.12 bits per heavy atom. The Hall–Kier alpha value is -1.68. The van der Waals surface area contributed by atoms with Crippen LogP contribution in [0.2, 0.25) is 0 Å². The molecule has 2 heterocycles. The number of hydrogen-bond donors (Lipinski definition) is 1. The summed E-state index contributed by atoms with van der Waals surface area (Å²) in [5, 5.41) is 4.52. The quantitative estimate of drug-likeness (QED) is 0.801. The molecule has 0 spiro atoms. The monoisotopic (exact) mass is 228 g/mol. The third kappa shape index (κ3) is 2.08. The zero-order chi connectivity index (χ0) is 11.7. The van der Waals surface area contributed by atoms with E-state index in [1.807, 2.05) is 30.5 Å². The van der Waals surface area contributed by atoms with Crippen LogP contribution in [-0.4, -0.2) is 35.6 Å². The zero-order valence-corrected chi connectivity index (χ0v) is 9.93. The summed E-state index contributed by atoms with van der Waals surface area (Å²) >= 11 is 0. The van der Waals surface area contributed by atoms with E-state index >= 15 is 0 Å². The number of hydrogen-bond acceptors (Lipinski definition) is 4. The van der Waals surface area contributed by atoms with Gasteiger partial charge in [-0.1, -0.05) is 18.2 Å². The van der Waals surface area contributed by atoms with Crippen molar-refractivity contribution >= 4 is 16.9 Å². The van der Waals surface area contributed by atoms with E-state index in [9.17, 15) is 0 Å². The van der Waals surface area contributed by atoms with Crippen LogP contribution in [-0.2, 0) is 0 Å². The molecule has 1 atom stereocenters. The molecule has 4 nitrogen and oxygen atoms in total. The molecule has 0 amide bonds. The van der Waals surface area contributed by atoms with E-state index in [4.69, 9.17) is 0 Å². The number of rotatable bonds is 1. The largest absolute Gasteiger partial charge is 0.338 e. The molecule has 1 aromatic carbocycles. The van der Waals surface area contributed by atoms with Crippen molar-refractivity contribution in [3.63, 3.8) is 0 Å². The highest BCUT2D eigenvalue weighted by Gasteiger charge is 2.17. The van der Waals surface area contributed by atoms with Crippen molar-refractivity contribution in [2.75, 3.05) is 24.5 Å². The highest BCUT2D eigenvalue weighted by atomic mass is 15.3. The molecule has 88 valence electrons. The van der Waals surface area contributed by atoms with Crippen molar-refractivity contribution in [2.45, 2.75) is 13.0 Å². The maximum atomic E-state index is 4.62. The van der Waals surface area contributed by atoms with Gasteiger partial charge in [-0.2, -0.15) is 0 Å². The minimum atomic E-state index is 0.499. The van der Waals surface area contributed by atoms with Gasteiger partial charge in [0.05, 0.1) is 5.52 Å². The lowest BCUT2D eigenvalue weighted by atomic mass is 10.2. The average molecular weight is 228 g/mol. The van der Waals surface area contributed by atoms with E-state index in [0.29, 0.717) is 6.04 Å². The van der Waals surface area contributed by atoms with Crippen LogP contribution in [0.5, 0.6) is 0 Å². The Balaban J connectivity index is 1.94. The van der Waals surface area contributed by atoms with Crippen LogP contribution in [0.4, 0.5) is 5.95 Å². The number of aromatic nitrogens is 2. The zero-order valence-electron chi connectivity index (χ0n) is 9.93. The standard InChI is InChI=1S/C13H16N4/c1-10-9-17(7-6-14-10)13-15-8-11-4-2-3-5-12(11)16-13/h2-5,8,10,14H,6-7,9H2,1H3. The Bertz CT molecular complexity index is 526. The van der Waals surface area contributed by atoms with Gasteiger partial charge < -0.3 is 10.2 Å². The molecule has 0 radical (unpaired) electrons. The molecule has 1 saturated heterocycles. The first-order valence-electron chi connectivity index (χ1n) is 6.03. The molecule has 2 aromatic rings. The minimum absolute atomic E-state index is 0.499. The van der Waals surface area contributed by atoms with Crippen molar-refractivity contribution in [1.29, 1.82) is 0 Å². The molecule has 1 N–H and O–H groups in total. The second-order valence-electron chi connectivity index (χ2n) is 4.53. The van der Waals surface area contributed by atoms with E-state index in [1.165, 1.54) is 0 Å². The summed E-state index contributed by atoms with van der Waals surface area (Å²) in [4.78, 5) is 11.3. The average Bonchev–Trinajstić information content (AvgIpc) is 2.38. The molecule has 17 heavy (non-hydrogen) atoms. The highest BCUT2D eigenvalue weighted by Crippen LogP contribution is 2.15. The van der Waals surface area contributed by atoms with Crippen molar-refractivity contribution in [2.24, 2.45) is 0 Å². The summed E-state index contributed by atoms with van der Waals surface area (Å²) in [5.41, 5.74) is 1.02. The first-order valence-corrected chi connectivity index (χ1v) is 6.03. The smallest absolute Gasteiger partial charge is 0.225 e. The van der Waals surface area contributed by atoms with Crippen molar-refractivity contribution in [3.8, 4) is 0 Å². The van der Waals surface area contributed by atoms with E-state index < -0.39 is 0 Å². The Morgan fingerprint density at radius 1 is 1.35 bits per heavy atom. The fourth-order valence-electron chi connectivity index (χ4n) is 2.23. The fraction of sp³-hybridized carbons (Fsp3) is 0.385. The summed E-state index contributed by atoms with van der Waals surface area (Å²) in [6, 6.07) is 8.60. The van der Waals surface area contributed by atoms with Gasteiger partial charge in [0, 0.05) is 37.3 Å². The Labute approximate surface area is 101 Å². The topological polar surface area (TPSA) is 41.1 Å². The summed E-state index contributed by atoms with van der Waals surface area (Å²) in [5.74, 6) is 0.844. The van der Waals surface area contributed by atoms with Crippen LogP contribution in [0.3, 0.4) is 0 Å². The van der Waals surface area contributed by atoms with Gasteiger partial charge in [-0.25, -0.2) is 9.97 Å². The van der Waals surface area contributed by atoms with Gasteiger partial charge in [-0.15, -0.1) is 0 Å². The molecule has 0 saturated carbocycles. The first kappa shape index (κ1) is 10.5. The molecular formula is C13H16N4. The van der Waals surface area contributed by atoms with E-state index in [-0.39, 0.29) is 0 Å². The molecule has 1 aliphatic heterocycles. The summed E-state index contributed by atoms with van der Waals surface area (Å²) in [6.45, 7) is 5.13. The van der Waals surface area contributed by atoms with E-state index in [0.717, 1.165) is 36.5 Å². The molecule has 0 bridgehead atoms. The predicted octanol–water partition coefficient (Wildman–Crippen LogP) is 1.43. The SMILES string of the molecule is CC1CN(c2ncc3ccccc3n2)CCN1. The molecule has 1 aromatic heterocycles. The van der Waals surface area contributed by atoms with Crippen LogP contribution >= 0.6 is 0 Å². The third-order valence-corrected chi connectivity index (χ3v) is 3.13. The Morgan fingerprint density at radius 2 is 2.24 bits per heavy atom. The lowest BCUT2D eigenvalue weighted by molar-refractivity contribution is 0.480. The van der Waals surface area contributed by atoms with Gasteiger partial charge in [0.15, 0.2) is 0 Å². The number of benzene rings is 1. The minimum Gasteiger partial charge on any atom is -0.338 e. The Kier molecular flexibility index (Phi) is 2.65. The second kappa shape index (κ2) is 4.30. The van der Waals surface area contributed by atoms with Crippen molar-refractivity contribution in [1.82, 2.24) is 15.3 Å². The molecule has 1 aliphatic rings. The number of nitrogens with one attached hydrogen (secondary N) is 1. The van der Waals surface area contributed by atoms with Crippen molar-refractivity contribution < 1.29 is 0 Å². The van der Waals surface area contributed by atoms with Gasteiger partial charge in [-0.05, 0) is 13.0 Å². The van der Waals surface area contributed by atoms with E-state index in [1.54, 1.807) is 0 Å². The summed E-state index contributed by atoms with van der Waals surface area (Å²) in [6.07, 6.45) is 1.91. The fourth-order valence-corrected chi connectivity index (χ4v) is 2.23. The van der Waals surface area contributed by atoms with Crippen LogP contribution < -0.4 is 10.2 Å². The molecular weight excluding hydrogens is 212 g/mol. The van der Waals surface area contributed by atoms with Gasteiger partial charge in [0.2, 0.25) is 5.95 Å². The molecule has 1 fully saturated rings. The van der Waals surface area contributed by atoms with Crippen LogP contribution in [0.1, 0.15) is 6.92 Å². The number of para-hydroxylation sites is 1. The van der Waals surface area contributed by atoms with Crippen LogP contribution in [0, 0.1) is 0 Å². The van der Waals surface area contributed by atoms with Crippen LogP contribution in [0.25, 0.3) is 10.9 Å². The van der Waals surface area contributed by atoms with Gasteiger partial charge in [-0.3, -0.25) is 0 Å². The van der Waals surface area contributed by atoms with Crippen LogP contribution in [0.15, 0.2) is 30.5 Å². The molecule has 4 heteroatoms. The molecule has 1 unspecified atom stereocenters. The first-order chi connectivity index (χ1) is 8.33. The van der Waals surface area contributed by atoms with Crippen molar-refractivity contribution in [3.05, 3.63) is 30.5 Å². The lowest BCUT2D eigenvalue weighted by Crippen LogP contribution is -2.49. The van der Waals surface area contributed by atoms with Gasteiger partial charge >= 0.3 is 0 Å². The normalized spacial score (nSPS) is 20.8. The number of anilines is 1. The maximum Gasteiger partial charge on any atom is 0.225 e. The number of fused-ring (bicyclic) bond motifs is 1. The third-order valence-electron chi connectivity index (χ3n) is 3.13. The van der Waals surface area contributed by atoms with E-state index in [2.05, 4.69) is 27.1 Å². The lowest BCUT2D eigenvalue weighted by Gasteiger charge is -2.31. The summed E-state index contributed by atoms with van der Waals surface area (Å²) < 4.78 is 0. The highest BCUT2D eigenvalue weighted by molar-refractivity contribution is 5.78. The maximum absolute atomic E-state index is 4.62. The van der Waals surface area contributed by atoms with Gasteiger partial charge in [0.25, 0.3) is 0 Å². The molecule has 3 rings (SSSR count). The predicted molar refractivity (Wildman–Crippen MR) is 69.2 cm³/mol. The second-order valence-corrected chi connectivity index (χ2v) is 4.53. The summed E-state index contributed by atoms with van der Waals surface area (Å²) in [7, 11) is 0.